The topological polar surface area (TPSA) is 55.6 Å². The lowest BCUT2D eigenvalue weighted by Crippen LogP contribution is -2.39. The Kier molecular flexibility index (Phi) is 5.30. The SMILES string of the molecule is CCOC(=O)C1CCCN(Cc2coc(-c3ccccc3C)n2)C1. The molecule has 0 amide bonds. The lowest BCUT2D eigenvalue weighted by molar-refractivity contribution is -0.150. The van der Waals surface area contributed by atoms with Gasteiger partial charge in [-0.1, -0.05) is 18.2 Å². The molecule has 1 aliphatic rings. The molecule has 1 saturated heterocycles. The zero-order valence-corrected chi connectivity index (χ0v) is 14.3. The summed E-state index contributed by atoms with van der Waals surface area (Å²) in [6.45, 7) is 6.74. The Morgan fingerprint density at radius 1 is 1.42 bits per heavy atom. The molecule has 0 bridgehead atoms. The molecule has 1 unspecified atom stereocenters. The predicted molar refractivity (Wildman–Crippen MR) is 91.3 cm³/mol. The Morgan fingerprint density at radius 3 is 3.04 bits per heavy atom. The molecule has 0 spiro atoms. The average molecular weight is 328 g/mol. The summed E-state index contributed by atoms with van der Waals surface area (Å²) in [7, 11) is 0. The standard InChI is InChI=1S/C19H24N2O3/c1-3-23-19(22)15-8-6-10-21(11-15)12-16-13-24-18(20-16)17-9-5-4-7-14(17)2/h4-5,7,9,13,15H,3,6,8,10-12H2,1-2H3. The first kappa shape index (κ1) is 16.7. The summed E-state index contributed by atoms with van der Waals surface area (Å²) in [4.78, 5) is 18.8. The molecule has 3 rings (SSSR count). The van der Waals surface area contributed by atoms with Crippen LogP contribution >= 0.6 is 0 Å². The summed E-state index contributed by atoms with van der Waals surface area (Å²) < 4.78 is 10.8. The number of hydrogen-bond acceptors (Lipinski definition) is 5. The first-order valence-electron chi connectivity index (χ1n) is 8.56. The van der Waals surface area contributed by atoms with Crippen molar-refractivity contribution in [1.82, 2.24) is 9.88 Å². The van der Waals surface area contributed by atoms with Crippen molar-refractivity contribution in [3.8, 4) is 11.5 Å². The van der Waals surface area contributed by atoms with E-state index in [0.717, 1.165) is 42.8 Å². The molecule has 1 aromatic carbocycles. The van der Waals surface area contributed by atoms with Crippen molar-refractivity contribution in [1.29, 1.82) is 0 Å². The largest absolute Gasteiger partial charge is 0.466 e. The molecule has 1 atom stereocenters. The fourth-order valence-electron chi connectivity index (χ4n) is 3.20. The van der Waals surface area contributed by atoms with Gasteiger partial charge in [0.1, 0.15) is 6.26 Å². The first-order valence-corrected chi connectivity index (χ1v) is 8.56. The Bertz CT molecular complexity index is 695. The predicted octanol–water partition coefficient (Wildman–Crippen LogP) is 3.43. The molecule has 0 N–H and O–H groups in total. The molecule has 128 valence electrons. The number of piperidine rings is 1. The van der Waals surface area contributed by atoms with Gasteiger partial charge in [-0.15, -0.1) is 0 Å². The highest BCUT2D eigenvalue weighted by Crippen LogP contribution is 2.24. The monoisotopic (exact) mass is 328 g/mol. The van der Waals surface area contributed by atoms with Gasteiger partial charge in [0.2, 0.25) is 5.89 Å². The third kappa shape index (κ3) is 3.85. The highest BCUT2D eigenvalue weighted by atomic mass is 16.5. The van der Waals surface area contributed by atoms with E-state index < -0.39 is 0 Å². The normalized spacial score (nSPS) is 18.5. The molecule has 0 aliphatic carbocycles. The molecule has 5 heteroatoms. The highest BCUT2D eigenvalue weighted by molar-refractivity contribution is 5.72. The number of oxazole rings is 1. The van der Waals surface area contributed by atoms with E-state index in [-0.39, 0.29) is 11.9 Å². The highest BCUT2D eigenvalue weighted by Gasteiger charge is 2.27. The van der Waals surface area contributed by atoms with Crippen LogP contribution in [0, 0.1) is 12.8 Å². The Hall–Kier alpha value is -2.14. The van der Waals surface area contributed by atoms with Gasteiger partial charge in [-0.3, -0.25) is 9.69 Å². The van der Waals surface area contributed by atoms with Crippen molar-refractivity contribution >= 4 is 5.97 Å². The van der Waals surface area contributed by atoms with Crippen molar-refractivity contribution < 1.29 is 13.9 Å². The number of carbonyl (C=O) groups is 1. The number of carbonyl (C=O) groups excluding carboxylic acids is 1. The molecule has 1 aromatic heterocycles. The number of esters is 1. The van der Waals surface area contributed by atoms with Crippen molar-refractivity contribution in [3.63, 3.8) is 0 Å². The maximum atomic E-state index is 11.9. The van der Waals surface area contributed by atoms with E-state index in [2.05, 4.69) is 9.88 Å². The molecule has 5 nitrogen and oxygen atoms in total. The van der Waals surface area contributed by atoms with Crippen molar-refractivity contribution in [3.05, 3.63) is 41.8 Å². The maximum Gasteiger partial charge on any atom is 0.310 e. The van der Waals surface area contributed by atoms with Gasteiger partial charge in [-0.05, 0) is 44.9 Å². The quantitative estimate of drug-likeness (QED) is 0.787. The number of likely N-dealkylation sites (tertiary alicyclic amines) is 1. The minimum atomic E-state index is -0.0806. The molecule has 2 aromatic rings. The van der Waals surface area contributed by atoms with E-state index in [1.54, 1.807) is 6.26 Å². The lowest BCUT2D eigenvalue weighted by atomic mass is 9.98. The number of benzene rings is 1. The van der Waals surface area contributed by atoms with Gasteiger partial charge >= 0.3 is 5.97 Å². The number of hydrogen-bond donors (Lipinski definition) is 0. The number of aromatic nitrogens is 1. The van der Waals surface area contributed by atoms with Crippen LogP contribution in [0.4, 0.5) is 0 Å². The van der Waals surface area contributed by atoms with Crippen LogP contribution in [0.25, 0.3) is 11.5 Å². The van der Waals surface area contributed by atoms with Crippen LogP contribution in [0.3, 0.4) is 0 Å². The number of aryl methyl sites for hydroxylation is 1. The Balaban J connectivity index is 1.64. The molecule has 24 heavy (non-hydrogen) atoms. The van der Waals surface area contributed by atoms with E-state index in [9.17, 15) is 4.79 Å². The Labute approximate surface area is 142 Å². The van der Waals surface area contributed by atoms with E-state index in [1.165, 1.54) is 0 Å². The molecular weight excluding hydrogens is 304 g/mol. The second-order valence-corrected chi connectivity index (χ2v) is 6.29. The summed E-state index contributed by atoms with van der Waals surface area (Å²) in [6, 6.07) is 8.06. The fourth-order valence-corrected chi connectivity index (χ4v) is 3.20. The summed E-state index contributed by atoms with van der Waals surface area (Å²) in [6.07, 6.45) is 3.63. The minimum absolute atomic E-state index is 0.0264. The number of rotatable bonds is 5. The van der Waals surface area contributed by atoms with Gasteiger partial charge < -0.3 is 9.15 Å². The zero-order valence-electron chi connectivity index (χ0n) is 14.3. The van der Waals surface area contributed by atoms with Gasteiger partial charge in [-0.2, -0.15) is 0 Å². The summed E-state index contributed by atoms with van der Waals surface area (Å²) in [5.74, 6) is 0.548. The van der Waals surface area contributed by atoms with Crippen LogP contribution in [-0.4, -0.2) is 35.5 Å². The Morgan fingerprint density at radius 2 is 2.25 bits per heavy atom. The minimum Gasteiger partial charge on any atom is -0.466 e. The van der Waals surface area contributed by atoms with Crippen LogP contribution in [0.1, 0.15) is 31.0 Å². The second kappa shape index (κ2) is 7.62. The average Bonchev–Trinajstić information content (AvgIpc) is 3.04. The van der Waals surface area contributed by atoms with Gasteiger partial charge in [0.25, 0.3) is 0 Å². The smallest absolute Gasteiger partial charge is 0.310 e. The first-order chi connectivity index (χ1) is 11.7. The molecule has 1 aliphatic heterocycles. The van der Waals surface area contributed by atoms with Gasteiger partial charge in [0, 0.05) is 18.7 Å². The van der Waals surface area contributed by atoms with Crippen molar-refractivity contribution in [2.75, 3.05) is 19.7 Å². The molecule has 1 fully saturated rings. The van der Waals surface area contributed by atoms with E-state index in [4.69, 9.17) is 9.15 Å². The van der Waals surface area contributed by atoms with E-state index >= 15 is 0 Å². The summed E-state index contributed by atoms with van der Waals surface area (Å²) >= 11 is 0. The third-order valence-electron chi connectivity index (χ3n) is 4.44. The maximum absolute atomic E-state index is 11.9. The van der Waals surface area contributed by atoms with Crippen LogP contribution in [0.5, 0.6) is 0 Å². The van der Waals surface area contributed by atoms with E-state index in [0.29, 0.717) is 19.0 Å². The second-order valence-electron chi connectivity index (χ2n) is 6.29. The molecule has 0 saturated carbocycles. The van der Waals surface area contributed by atoms with Gasteiger partial charge in [-0.25, -0.2) is 4.98 Å². The van der Waals surface area contributed by atoms with Crippen LogP contribution in [-0.2, 0) is 16.1 Å². The van der Waals surface area contributed by atoms with Crippen LogP contribution < -0.4 is 0 Å². The molecule has 0 radical (unpaired) electrons. The third-order valence-corrected chi connectivity index (χ3v) is 4.44. The van der Waals surface area contributed by atoms with Crippen molar-refractivity contribution in [2.24, 2.45) is 5.92 Å². The van der Waals surface area contributed by atoms with Crippen molar-refractivity contribution in [2.45, 2.75) is 33.2 Å². The lowest BCUT2D eigenvalue weighted by Gasteiger charge is -2.30. The van der Waals surface area contributed by atoms with Gasteiger partial charge in [0.05, 0.1) is 18.2 Å². The van der Waals surface area contributed by atoms with Gasteiger partial charge in [0.15, 0.2) is 0 Å². The number of ether oxygens (including phenoxy) is 1. The van der Waals surface area contributed by atoms with E-state index in [1.807, 2.05) is 38.1 Å². The summed E-state index contributed by atoms with van der Waals surface area (Å²) in [5, 5.41) is 0. The fraction of sp³-hybridized carbons (Fsp3) is 0.474. The zero-order chi connectivity index (χ0) is 16.9. The molecule has 2 heterocycles. The van der Waals surface area contributed by atoms with Crippen LogP contribution in [0.2, 0.25) is 0 Å². The van der Waals surface area contributed by atoms with Crippen LogP contribution in [0.15, 0.2) is 34.9 Å². The molecular formula is C19H24N2O3. The summed E-state index contributed by atoms with van der Waals surface area (Å²) in [5.41, 5.74) is 3.07. The number of nitrogens with zero attached hydrogens (tertiary/aromatic N) is 2.